The molecule has 288 valence electrons. The maximum atomic E-state index is 14.3. The predicted octanol–water partition coefficient (Wildman–Crippen LogP) is 11.1. The van der Waals surface area contributed by atoms with Gasteiger partial charge in [-0.2, -0.15) is 0 Å². The normalized spacial score (nSPS) is 16.8. The van der Waals surface area contributed by atoms with E-state index in [1.54, 1.807) is 36.0 Å². The first-order valence-electron chi connectivity index (χ1n) is 18.3. The number of ether oxygens (including phenoxy) is 1. The molecule has 0 bridgehead atoms. The first kappa shape index (κ1) is 40.6. The number of carbonyl (C=O) groups excluding carboxylic acids is 1. The van der Waals surface area contributed by atoms with Gasteiger partial charge in [-0.1, -0.05) is 106 Å². The molecule has 0 spiro atoms. The van der Waals surface area contributed by atoms with Crippen LogP contribution >= 0.6 is 19.4 Å². The van der Waals surface area contributed by atoms with E-state index in [-0.39, 0.29) is 28.9 Å². The summed E-state index contributed by atoms with van der Waals surface area (Å²) < 4.78 is 51.1. The number of β-lactam (4-membered cyclic amide) rings is 1. The Bertz CT molecular complexity index is 2110. The molecule has 1 saturated heterocycles. The van der Waals surface area contributed by atoms with Crippen molar-refractivity contribution in [3.63, 3.8) is 0 Å². The van der Waals surface area contributed by atoms with Crippen LogP contribution in [0, 0.1) is 5.82 Å². The van der Waals surface area contributed by atoms with Crippen LogP contribution < -0.4 is 14.9 Å². The average molecular weight is 798 g/mol. The zero-order valence-electron chi connectivity index (χ0n) is 32.4. The lowest BCUT2D eigenvalue weighted by atomic mass is 9.90. The number of rotatable bonds is 15. The molecule has 1 fully saturated rings. The fourth-order valence-electron chi connectivity index (χ4n) is 6.34. The Morgan fingerprint density at radius 2 is 1.42 bits per heavy atom. The van der Waals surface area contributed by atoms with E-state index in [0.29, 0.717) is 23.4 Å². The summed E-state index contributed by atoms with van der Waals surface area (Å²) >= 11 is 1.57. The lowest BCUT2D eigenvalue weighted by Gasteiger charge is -2.48. The summed E-state index contributed by atoms with van der Waals surface area (Å²) in [5.41, 5.74) is 5.36. The molecule has 1 amide bonds. The summed E-state index contributed by atoms with van der Waals surface area (Å²) in [6.45, 7) is 11.3. The van der Waals surface area contributed by atoms with Gasteiger partial charge in [0.1, 0.15) is 23.4 Å². The van der Waals surface area contributed by atoms with Crippen molar-refractivity contribution in [2.75, 3.05) is 24.9 Å². The van der Waals surface area contributed by atoms with Crippen molar-refractivity contribution in [1.82, 2.24) is 0 Å². The van der Waals surface area contributed by atoms with E-state index in [4.69, 9.17) is 18.2 Å². The molecular weight excluding hydrogens is 749 g/mol. The molecule has 1 aliphatic rings. The summed E-state index contributed by atoms with van der Waals surface area (Å²) in [4.78, 5) is 16.1. The number of anilines is 1. The minimum Gasteiger partial charge on any atom is -0.489 e. The second-order valence-electron chi connectivity index (χ2n) is 15.1. The van der Waals surface area contributed by atoms with Crippen molar-refractivity contribution in [1.29, 1.82) is 0 Å². The van der Waals surface area contributed by atoms with Gasteiger partial charge in [0.2, 0.25) is 5.91 Å². The molecular formula is C44H49FNO6PSSi. The molecule has 0 unspecified atom stereocenters. The van der Waals surface area contributed by atoms with Gasteiger partial charge in [-0.05, 0) is 82.9 Å². The molecule has 0 N–H and O–H groups in total. The smallest absolute Gasteiger partial charge is 0.360 e. The van der Waals surface area contributed by atoms with Crippen molar-refractivity contribution < 1.29 is 32.0 Å². The van der Waals surface area contributed by atoms with Crippen LogP contribution in [0.1, 0.15) is 49.6 Å². The number of para-hydroxylation sites is 1. The third-order valence-corrected chi connectivity index (χ3v) is 18.3. The number of benzene rings is 5. The topological polar surface area (TPSA) is 74.3 Å². The quantitative estimate of drug-likeness (QED) is 0.0593. The van der Waals surface area contributed by atoms with Gasteiger partial charge in [-0.15, -0.1) is 11.8 Å². The van der Waals surface area contributed by atoms with Gasteiger partial charge in [0.05, 0.1) is 17.5 Å². The van der Waals surface area contributed by atoms with Crippen molar-refractivity contribution in [2.45, 2.75) is 62.9 Å². The molecule has 1 heterocycles. The minimum atomic E-state index is -3.41. The fourth-order valence-corrected chi connectivity index (χ4v) is 10.2. The van der Waals surface area contributed by atoms with Gasteiger partial charge in [-0.3, -0.25) is 9.36 Å². The van der Waals surface area contributed by atoms with Crippen LogP contribution in [0.25, 0.3) is 11.1 Å². The maximum Gasteiger partial charge on any atom is 0.360 e. The molecule has 0 aromatic heterocycles. The van der Waals surface area contributed by atoms with Crippen molar-refractivity contribution >= 4 is 44.6 Å². The van der Waals surface area contributed by atoms with Crippen molar-refractivity contribution in [3.8, 4) is 16.9 Å². The Morgan fingerprint density at radius 3 is 2.02 bits per heavy atom. The standard InChI is InChI=1S/C44H49FNO6PSSi/c1-44(2,3)55(6,7)52-40(33-18-23-35(45)24-19-33)30-54-42-41(46(43(42)47)36-16-12-9-13-17-36)38-27-22-34(28-39(38)51-29-31-14-10-8-11-15-31)32-20-25-37(26-21-32)53(48,49-4)50-5/h8-28,40-42H,29-30H2,1-7H3/t40-,41-,42-/m1/s1. The molecule has 0 aliphatic carbocycles. The van der Waals surface area contributed by atoms with Crippen LogP contribution in [0.5, 0.6) is 5.75 Å². The lowest BCUT2D eigenvalue weighted by molar-refractivity contribution is -0.123. The number of amides is 1. The maximum absolute atomic E-state index is 14.3. The van der Waals surface area contributed by atoms with Crippen LogP contribution in [0.4, 0.5) is 10.1 Å². The third kappa shape index (κ3) is 9.01. The van der Waals surface area contributed by atoms with Gasteiger partial charge in [-0.25, -0.2) is 4.39 Å². The number of hydrogen-bond acceptors (Lipinski definition) is 7. The molecule has 11 heteroatoms. The van der Waals surface area contributed by atoms with Crippen molar-refractivity contribution in [2.24, 2.45) is 0 Å². The summed E-state index contributed by atoms with van der Waals surface area (Å²) in [5, 5.41) is -0.0244. The van der Waals surface area contributed by atoms with Crippen LogP contribution in [-0.2, 0) is 29.4 Å². The molecule has 5 aromatic rings. The first-order chi connectivity index (χ1) is 26.2. The van der Waals surface area contributed by atoms with E-state index in [0.717, 1.165) is 33.5 Å². The van der Waals surface area contributed by atoms with E-state index >= 15 is 0 Å². The van der Waals surface area contributed by atoms with Gasteiger partial charge >= 0.3 is 7.60 Å². The minimum absolute atomic E-state index is 0.000716. The first-order valence-corrected chi connectivity index (χ1v) is 23.8. The molecule has 0 radical (unpaired) electrons. The number of thioether (sulfide) groups is 1. The highest BCUT2D eigenvalue weighted by Crippen LogP contribution is 2.50. The van der Waals surface area contributed by atoms with E-state index < -0.39 is 21.2 Å². The Morgan fingerprint density at radius 1 is 0.818 bits per heavy atom. The fraction of sp³-hybridized carbons (Fsp3) is 0.295. The van der Waals surface area contributed by atoms with Crippen LogP contribution in [0.15, 0.2) is 127 Å². The highest BCUT2D eigenvalue weighted by Gasteiger charge is 2.51. The van der Waals surface area contributed by atoms with Gasteiger partial charge in [0.15, 0.2) is 8.32 Å². The van der Waals surface area contributed by atoms with Crippen LogP contribution in [0.2, 0.25) is 18.1 Å². The molecule has 0 saturated carbocycles. The van der Waals surface area contributed by atoms with E-state index in [1.165, 1.54) is 26.4 Å². The summed E-state index contributed by atoms with van der Waals surface area (Å²) in [6.07, 6.45) is -0.337. The Balaban J connectivity index is 1.38. The van der Waals surface area contributed by atoms with Crippen molar-refractivity contribution in [3.05, 3.63) is 150 Å². The number of carbonyl (C=O) groups is 1. The van der Waals surface area contributed by atoms with Gasteiger partial charge < -0.3 is 23.1 Å². The highest BCUT2D eigenvalue weighted by molar-refractivity contribution is 8.00. The predicted molar refractivity (Wildman–Crippen MR) is 224 cm³/mol. The van der Waals surface area contributed by atoms with Gasteiger partial charge in [0, 0.05) is 31.2 Å². The van der Waals surface area contributed by atoms with Crippen LogP contribution in [-0.4, -0.2) is 39.4 Å². The van der Waals surface area contributed by atoms with E-state index in [2.05, 4.69) is 33.9 Å². The average Bonchev–Trinajstić information content (AvgIpc) is 3.19. The molecule has 5 aromatic carbocycles. The third-order valence-electron chi connectivity index (χ3n) is 10.6. The SMILES string of the molecule is COP(=O)(OC)c1ccc(-c2ccc([C@@H]3[C@@H](SC[C@@H](O[Si](C)(C)C(C)(C)C)c4ccc(F)cc4)C(=O)N3c3ccccc3)c(OCc3ccccc3)c2)cc1. The molecule has 7 nitrogen and oxygen atoms in total. The Labute approximate surface area is 329 Å². The molecule has 6 rings (SSSR count). The number of hydrogen-bond donors (Lipinski definition) is 0. The molecule has 1 aliphatic heterocycles. The largest absolute Gasteiger partial charge is 0.489 e. The summed E-state index contributed by atoms with van der Waals surface area (Å²) in [5.74, 6) is 0.857. The lowest BCUT2D eigenvalue weighted by Crippen LogP contribution is -2.58. The zero-order chi connectivity index (χ0) is 39.4. The second-order valence-corrected chi connectivity index (χ2v) is 23.3. The molecule has 55 heavy (non-hydrogen) atoms. The zero-order valence-corrected chi connectivity index (χ0v) is 35.1. The van der Waals surface area contributed by atoms with E-state index in [1.807, 2.05) is 95.9 Å². The van der Waals surface area contributed by atoms with Gasteiger partial charge in [0.25, 0.3) is 0 Å². The Kier molecular flexibility index (Phi) is 12.6. The second kappa shape index (κ2) is 17.0. The number of halogens is 1. The molecule has 3 atom stereocenters. The van der Waals surface area contributed by atoms with Crippen LogP contribution in [0.3, 0.4) is 0 Å². The monoisotopic (exact) mass is 797 g/mol. The Hall–Kier alpha value is -4.02. The summed E-state index contributed by atoms with van der Waals surface area (Å²) in [7, 11) is -2.93. The van der Waals surface area contributed by atoms with E-state index in [9.17, 15) is 13.8 Å². The highest BCUT2D eigenvalue weighted by atomic mass is 32.2. The summed E-state index contributed by atoms with van der Waals surface area (Å²) in [6, 6.07) is 39.2. The number of nitrogens with zero attached hydrogens (tertiary/aromatic N) is 1.